The monoisotopic (exact) mass is 448 g/mol. The highest BCUT2D eigenvalue weighted by molar-refractivity contribution is 8.14. The lowest BCUT2D eigenvalue weighted by Crippen LogP contribution is -2.24. The molecule has 0 aliphatic carbocycles. The second-order valence-electron chi connectivity index (χ2n) is 6.76. The van der Waals surface area contributed by atoms with Crippen LogP contribution in [0.25, 0.3) is 0 Å². The van der Waals surface area contributed by atoms with Gasteiger partial charge in [-0.05, 0) is 12.1 Å². The predicted octanol–water partition coefficient (Wildman–Crippen LogP) is 3.59. The van der Waals surface area contributed by atoms with Gasteiger partial charge in [-0.2, -0.15) is 0 Å². The molecule has 0 fully saturated rings. The van der Waals surface area contributed by atoms with Crippen molar-refractivity contribution in [3.05, 3.63) is 64.4 Å². The standard InChI is InChI=1S/C21H22ClFN4O2S/c22-17-6-3-5-15(19(17)23)11-26-21-27-12-16(30-21)13-29-18-7-2-1-4-14(18)10-25-20-24-8-9-28-20/h1-7,16H,8-13H2,(H,24,25)(H,26,27). The van der Waals surface area contributed by atoms with Gasteiger partial charge >= 0.3 is 0 Å². The SMILES string of the molecule is Fc1c(Cl)cccc1CNC1=NCC(COc2ccccc2CNC2=NCCO2)S1. The van der Waals surface area contributed by atoms with Crippen LogP contribution >= 0.6 is 23.4 Å². The molecule has 0 amide bonds. The van der Waals surface area contributed by atoms with Crippen molar-refractivity contribution in [1.29, 1.82) is 0 Å². The number of halogens is 2. The van der Waals surface area contributed by atoms with Gasteiger partial charge in [-0.1, -0.05) is 53.7 Å². The van der Waals surface area contributed by atoms with E-state index in [1.54, 1.807) is 23.9 Å². The molecule has 2 aromatic rings. The first-order valence-electron chi connectivity index (χ1n) is 9.69. The van der Waals surface area contributed by atoms with Gasteiger partial charge in [0.25, 0.3) is 6.02 Å². The van der Waals surface area contributed by atoms with E-state index in [-0.39, 0.29) is 10.3 Å². The molecule has 0 saturated carbocycles. The van der Waals surface area contributed by atoms with Gasteiger partial charge in [0.15, 0.2) is 5.17 Å². The van der Waals surface area contributed by atoms with Gasteiger partial charge in [0.1, 0.15) is 24.8 Å². The van der Waals surface area contributed by atoms with Gasteiger partial charge in [-0.3, -0.25) is 4.99 Å². The lowest BCUT2D eigenvalue weighted by molar-refractivity contribution is 0.314. The van der Waals surface area contributed by atoms with Crippen molar-refractivity contribution in [2.45, 2.75) is 18.3 Å². The normalized spacial score (nSPS) is 17.9. The first-order valence-corrected chi connectivity index (χ1v) is 10.9. The molecular formula is C21H22ClFN4O2S. The molecule has 4 rings (SSSR count). The zero-order valence-corrected chi connectivity index (χ0v) is 17.8. The summed E-state index contributed by atoms with van der Waals surface area (Å²) in [4.78, 5) is 8.73. The van der Waals surface area contributed by atoms with E-state index in [0.717, 1.165) is 16.5 Å². The van der Waals surface area contributed by atoms with Gasteiger partial charge in [0, 0.05) is 24.2 Å². The number of hydrogen-bond acceptors (Lipinski definition) is 7. The van der Waals surface area contributed by atoms with E-state index in [1.165, 1.54) is 6.07 Å². The number of benzene rings is 2. The summed E-state index contributed by atoms with van der Waals surface area (Å²) >= 11 is 7.43. The molecular weight excluding hydrogens is 427 g/mol. The lowest BCUT2D eigenvalue weighted by atomic mass is 10.2. The molecule has 2 aromatic carbocycles. The average molecular weight is 449 g/mol. The van der Waals surface area contributed by atoms with Crippen LogP contribution in [0, 0.1) is 5.82 Å². The Labute approximate surface area is 183 Å². The van der Waals surface area contributed by atoms with E-state index in [1.807, 2.05) is 24.3 Å². The van der Waals surface area contributed by atoms with E-state index in [4.69, 9.17) is 21.1 Å². The molecule has 2 aliphatic heterocycles. The van der Waals surface area contributed by atoms with E-state index in [0.29, 0.717) is 51.0 Å². The van der Waals surface area contributed by atoms with Crippen molar-refractivity contribution in [3.8, 4) is 5.75 Å². The van der Waals surface area contributed by atoms with Crippen LogP contribution in [0.3, 0.4) is 0 Å². The topological polar surface area (TPSA) is 67.2 Å². The van der Waals surface area contributed by atoms with Crippen molar-refractivity contribution in [2.24, 2.45) is 9.98 Å². The molecule has 2 heterocycles. The Bertz CT molecular complexity index is 956. The summed E-state index contributed by atoms with van der Waals surface area (Å²) in [6.07, 6.45) is 0. The van der Waals surface area contributed by atoms with Crippen molar-refractivity contribution < 1.29 is 13.9 Å². The largest absolute Gasteiger partial charge is 0.492 e. The van der Waals surface area contributed by atoms with Gasteiger partial charge < -0.3 is 20.1 Å². The summed E-state index contributed by atoms with van der Waals surface area (Å²) in [6, 6.07) is 13.5. The highest BCUT2D eigenvalue weighted by Crippen LogP contribution is 2.24. The first-order chi connectivity index (χ1) is 14.7. The molecule has 30 heavy (non-hydrogen) atoms. The number of nitrogens with zero attached hydrogens (tertiary/aromatic N) is 2. The predicted molar refractivity (Wildman–Crippen MR) is 119 cm³/mol. The van der Waals surface area contributed by atoms with E-state index < -0.39 is 5.82 Å². The fraction of sp³-hybridized carbons (Fsp3) is 0.333. The summed E-state index contributed by atoms with van der Waals surface area (Å²) in [5.41, 5.74) is 1.55. The smallest absolute Gasteiger partial charge is 0.285 e. The minimum atomic E-state index is -0.394. The number of nitrogens with one attached hydrogen (secondary N) is 2. The number of para-hydroxylation sites is 1. The molecule has 0 saturated heterocycles. The van der Waals surface area contributed by atoms with Crippen LogP contribution in [0.4, 0.5) is 4.39 Å². The second kappa shape index (κ2) is 10.0. The molecule has 1 unspecified atom stereocenters. The van der Waals surface area contributed by atoms with Crippen LogP contribution in [-0.2, 0) is 17.8 Å². The Morgan fingerprint density at radius 1 is 1.10 bits per heavy atom. The fourth-order valence-electron chi connectivity index (χ4n) is 3.04. The third-order valence-corrected chi connectivity index (χ3v) is 6.00. The zero-order valence-electron chi connectivity index (χ0n) is 16.2. The van der Waals surface area contributed by atoms with Gasteiger partial charge in [-0.15, -0.1) is 0 Å². The Kier molecular flexibility index (Phi) is 6.96. The number of hydrogen-bond donors (Lipinski definition) is 2. The third kappa shape index (κ3) is 5.37. The molecule has 1 atom stereocenters. The van der Waals surface area contributed by atoms with Crippen molar-refractivity contribution in [1.82, 2.24) is 10.6 Å². The number of ether oxygens (including phenoxy) is 2. The van der Waals surface area contributed by atoms with E-state index in [9.17, 15) is 4.39 Å². The van der Waals surface area contributed by atoms with Crippen LogP contribution in [0.15, 0.2) is 52.4 Å². The number of aliphatic imine (C=N–C) groups is 2. The fourth-order valence-corrected chi connectivity index (χ4v) is 4.14. The van der Waals surface area contributed by atoms with E-state index in [2.05, 4.69) is 20.6 Å². The summed E-state index contributed by atoms with van der Waals surface area (Å²) in [6.45, 7) is 3.42. The van der Waals surface area contributed by atoms with E-state index >= 15 is 0 Å². The lowest BCUT2D eigenvalue weighted by Gasteiger charge is -2.15. The van der Waals surface area contributed by atoms with Crippen LogP contribution in [-0.4, -0.2) is 42.7 Å². The second-order valence-corrected chi connectivity index (χ2v) is 8.46. The highest BCUT2D eigenvalue weighted by atomic mass is 35.5. The first kappa shape index (κ1) is 20.8. The van der Waals surface area contributed by atoms with Crippen molar-refractivity contribution in [2.75, 3.05) is 26.3 Å². The number of rotatable bonds is 7. The Hall–Kier alpha value is -2.45. The molecule has 0 bridgehead atoms. The molecule has 2 N–H and O–H groups in total. The summed E-state index contributed by atoms with van der Waals surface area (Å²) in [7, 11) is 0. The van der Waals surface area contributed by atoms with Gasteiger partial charge in [0.05, 0.1) is 23.4 Å². The summed E-state index contributed by atoms with van der Waals surface area (Å²) in [5.74, 6) is 0.431. The quantitative estimate of drug-likeness (QED) is 0.677. The molecule has 158 valence electrons. The van der Waals surface area contributed by atoms with Gasteiger partial charge in [-0.25, -0.2) is 9.38 Å². The Balaban J connectivity index is 1.24. The van der Waals surface area contributed by atoms with Crippen LogP contribution < -0.4 is 15.4 Å². The highest BCUT2D eigenvalue weighted by Gasteiger charge is 2.21. The van der Waals surface area contributed by atoms with Crippen LogP contribution in [0.1, 0.15) is 11.1 Å². The summed E-state index contributed by atoms with van der Waals surface area (Å²) < 4.78 is 25.4. The van der Waals surface area contributed by atoms with Crippen LogP contribution in [0.2, 0.25) is 5.02 Å². The molecule has 0 spiro atoms. The molecule has 0 aromatic heterocycles. The number of amidine groups is 2. The summed E-state index contributed by atoms with van der Waals surface area (Å²) in [5, 5.41) is 7.47. The minimum Gasteiger partial charge on any atom is -0.492 e. The minimum absolute atomic E-state index is 0.126. The third-order valence-electron chi connectivity index (χ3n) is 4.59. The average Bonchev–Trinajstić information content (AvgIpc) is 3.44. The van der Waals surface area contributed by atoms with Crippen molar-refractivity contribution in [3.63, 3.8) is 0 Å². The van der Waals surface area contributed by atoms with Crippen molar-refractivity contribution >= 4 is 34.6 Å². The maximum atomic E-state index is 14.0. The molecule has 9 heteroatoms. The molecule has 0 radical (unpaired) electrons. The van der Waals surface area contributed by atoms with Gasteiger partial charge in [0.2, 0.25) is 0 Å². The molecule has 2 aliphatic rings. The molecule has 6 nitrogen and oxygen atoms in total. The Morgan fingerprint density at radius 2 is 1.93 bits per heavy atom. The Morgan fingerprint density at radius 3 is 2.80 bits per heavy atom. The maximum absolute atomic E-state index is 14.0. The number of thioether (sulfide) groups is 1. The van der Waals surface area contributed by atoms with Crippen LogP contribution in [0.5, 0.6) is 5.75 Å². The maximum Gasteiger partial charge on any atom is 0.285 e. The zero-order chi connectivity index (χ0) is 20.8.